The summed E-state index contributed by atoms with van der Waals surface area (Å²) in [6.07, 6.45) is 3.76. The van der Waals surface area contributed by atoms with Crippen LogP contribution in [-0.2, 0) is 11.3 Å². The average molecular weight is 361 g/mol. The Morgan fingerprint density at radius 1 is 1.27 bits per heavy atom. The van der Waals surface area contributed by atoms with Crippen molar-refractivity contribution in [1.29, 1.82) is 0 Å². The van der Waals surface area contributed by atoms with Gasteiger partial charge in [0.05, 0.1) is 24.7 Å². The van der Waals surface area contributed by atoms with Gasteiger partial charge in [0, 0.05) is 12.5 Å². The molecule has 0 spiro atoms. The fourth-order valence-corrected chi connectivity index (χ4v) is 4.73. The van der Waals surface area contributed by atoms with E-state index in [1.54, 1.807) is 0 Å². The van der Waals surface area contributed by atoms with Crippen LogP contribution >= 0.6 is 0 Å². The highest BCUT2D eigenvalue weighted by Gasteiger charge is 2.55. The largest absolute Gasteiger partial charge is 0.455 e. The minimum atomic E-state index is -0.106. The van der Waals surface area contributed by atoms with Crippen molar-refractivity contribution in [1.82, 2.24) is 15.1 Å². The molecule has 1 N–H and O–H groups in total. The number of likely N-dealkylation sites (tertiary alicyclic amines) is 1. The number of ether oxygens (including phenoxy) is 1. The normalized spacial score (nSPS) is 32.5. The van der Waals surface area contributed by atoms with Crippen LogP contribution in [-0.4, -0.2) is 67.7 Å². The van der Waals surface area contributed by atoms with Crippen LogP contribution in [0.4, 0.5) is 0 Å². The molecule has 0 unspecified atom stereocenters. The average Bonchev–Trinajstić information content (AvgIpc) is 3.22. The highest BCUT2D eigenvalue weighted by Crippen LogP contribution is 2.41. The van der Waals surface area contributed by atoms with Gasteiger partial charge in [0.2, 0.25) is 0 Å². The topological polar surface area (TPSA) is 58.0 Å². The SMILES string of the molecule is CC1CCN(Cc2ccc(C(=O)N[C@H]3[C@H]4CCO[C@H]4[C@@H]3N(C)C)o2)CC1. The number of rotatable bonds is 5. The fraction of sp³-hybridized carbons (Fsp3) is 0.750. The summed E-state index contributed by atoms with van der Waals surface area (Å²) in [5.41, 5.74) is 0. The van der Waals surface area contributed by atoms with Gasteiger partial charge in [0.15, 0.2) is 5.76 Å². The molecule has 2 saturated heterocycles. The third kappa shape index (κ3) is 3.42. The number of fused-ring (bicyclic) bond motifs is 1. The number of carbonyl (C=O) groups excluding carboxylic acids is 1. The number of piperidine rings is 1. The van der Waals surface area contributed by atoms with Crippen molar-refractivity contribution in [3.05, 3.63) is 23.7 Å². The number of nitrogens with zero attached hydrogens (tertiary/aromatic N) is 2. The van der Waals surface area contributed by atoms with Crippen molar-refractivity contribution >= 4 is 5.91 Å². The van der Waals surface area contributed by atoms with E-state index >= 15 is 0 Å². The van der Waals surface area contributed by atoms with Crippen molar-refractivity contribution in [2.45, 2.75) is 50.9 Å². The number of furan rings is 1. The van der Waals surface area contributed by atoms with Crippen molar-refractivity contribution in [2.75, 3.05) is 33.8 Å². The summed E-state index contributed by atoms with van der Waals surface area (Å²) in [7, 11) is 4.10. The lowest BCUT2D eigenvalue weighted by Gasteiger charge is -2.50. The molecule has 1 aromatic rings. The van der Waals surface area contributed by atoms with E-state index in [1.807, 2.05) is 26.2 Å². The molecule has 0 radical (unpaired) electrons. The first-order valence-corrected chi connectivity index (χ1v) is 9.93. The van der Waals surface area contributed by atoms with Crippen molar-refractivity contribution in [3.63, 3.8) is 0 Å². The molecular weight excluding hydrogens is 330 g/mol. The third-order valence-corrected chi connectivity index (χ3v) is 6.38. The second kappa shape index (κ2) is 7.33. The van der Waals surface area contributed by atoms with E-state index in [-0.39, 0.29) is 24.1 Å². The molecule has 1 amide bonds. The summed E-state index contributed by atoms with van der Waals surface area (Å²) >= 11 is 0. The van der Waals surface area contributed by atoms with Gasteiger partial charge in [0.1, 0.15) is 5.76 Å². The Bertz CT molecular complexity index is 636. The van der Waals surface area contributed by atoms with Gasteiger partial charge in [-0.3, -0.25) is 9.69 Å². The van der Waals surface area contributed by atoms with E-state index in [2.05, 4.69) is 22.0 Å². The van der Waals surface area contributed by atoms with Gasteiger partial charge >= 0.3 is 0 Å². The molecule has 1 aromatic heterocycles. The van der Waals surface area contributed by atoms with E-state index in [9.17, 15) is 4.79 Å². The van der Waals surface area contributed by atoms with Crippen LogP contribution in [0, 0.1) is 11.8 Å². The molecule has 0 bridgehead atoms. The van der Waals surface area contributed by atoms with Gasteiger partial charge < -0.3 is 19.4 Å². The van der Waals surface area contributed by atoms with Crippen LogP contribution in [0.5, 0.6) is 0 Å². The van der Waals surface area contributed by atoms with Gasteiger partial charge in [-0.05, 0) is 64.5 Å². The number of hydrogen-bond acceptors (Lipinski definition) is 5. The lowest BCUT2D eigenvalue weighted by molar-refractivity contribution is -0.0666. The molecule has 4 rings (SSSR count). The molecule has 3 aliphatic rings. The number of amides is 1. The second-order valence-electron chi connectivity index (χ2n) is 8.47. The predicted octanol–water partition coefficient (Wildman–Crippen LogP) is 1.96. The Balaban J connectivity index is 1.34. The fourth-order valence-electron chi connectivity index (χ4n) is 4.73. The monoisotopic (exact) mass is 361 g/mol. The molecule has 144 valence electrons. The lowest BCUT2D eigenvalue weighted by Crippen LogP contribution is -2.69. The Morgan fingerprint density at radius 3 is 2.77 bits per heavy atom. The van der Waals surface area contributed by atoms with E-state index < -0.39 is 0 Å². The van der Waals surface area contributed by atoms with Crippen molar-refractivity contribution in [2.24, 2.45) is 11.8 Å². The zero-order valence-corrected chi connectivity index (χ0v) is 16.1. The smallest absolute Gasteiger partial charge is 0.287 e. The van der Waals surface area contributed by atoms with E-state index in [1.165, 1.54) is 12.8 Å². The minimum absolute atomic E-state index is 0.106. The maximum atomic E-state index is 12.7. The predicted molar refractivity (Wildman–Crippen MR) is 99.0 cm³/mol. The van der Waals surface area contributed by atoms with Gasteiger partial charge in [-0.1, -0.05) is 6.92 Å². The van der Waals surface area contributed by atoms with Crippen molar-refractivity contribution < 1.29 is 13.9 Å². The third-order valence-electron chi connectivity index (χ3n) is 6.38. The minimum Gasteiger partial charge on any atom is -0.455 e. The zero-order chi connectivity index (χ0) is 18.3. The Morgan fingerprint density at radius 2 is 2.04 bits per heavy atom. The highest BCUT2D eigenvalue weighted by molar-refractivity contribution is 5.91. The maximum Gasteiger partial charge on any atom is 0.287 e. The van der Waals surface area contributed by atoms with Crippen LogP contribution in [0.25, 0.3) is 0 Å². The van der Waals surface area contributed by atoms with Crippen LogP contribution in [0.15, 0.2) is 16.5 Å². The summed E-state index contributed by atoms with van der Waals surface area (Å²) in [6.45, 7) is 6.12. The summed E-state index contributed by atoms with van der Waals surface area (Å²) in [5, 5.41) is 3.19. The standard InChI is InChI=1S/C20H31N3O3/c1-13-6-9-23(10-7-13)12-14-4-5-16(26-14)20(24)21-17-15-8-11-25-19(15)18(17)22(2)3/h4-5,13,15,17-19H,6-12H2,1-3H3,(H,21,24)/t15-,17+,18-,19-/m1/s1. The maximum absolute atomic E-state index is 12.7. The molecular formula is C20H31N3O3. The second-order valence-corrected chi connectivity index (χ2v) is 8.47. The lowest BCUT2D eigenvalue weighted by atomic mass is 9.71. The van der Waals surface area contributed by atoms with Gasteiger partial charge in [-0.25, -0.2) is 0 Å². The summed E-state index contributed by atoms with van der Waals surface area (Å²) < 4.78 is 11.7. The van der Waals surface area contributed by atoms with Crippen LogP contribution in [0.1, 0.15) is 42.5 Å². The Kier molecular flexibility index (Phi) is 5.08. The molecule has 0 aromatic carbocycles. The highest BCUT2D eigenvalue weighted by atomic mass is 16.5. The van der Waals surface area contributed by atoms with Crippen LogP contribution in [0.2, 0.25) is 0 Å². The quantitative estimate of drug-likeness (QED) is 0.869. The first-order valence-electron chi connectivity index (χ1n) is 9.93. The van der Waals surface area contributed by atoms with Gasteiger partial charge in [0.25, 0.3) is 5.91 Å². The van der Waals surface area contributed by atoms with Crippen LogP contribution < -0.4 is 5.32 Å². The van der Waals surface area contributed by atoms with E-state index in [0.717, 1.165) is 44.3 Å². The number of hydrogen-bond donors (Lipinski definition) is 1. The summed E-state index contributed by atoms with van der Waals surface area (Å²) in [4.78, 5) is 17.2. The van der Waals surface area contributed by atoms with E-state index in [0.29, 0.717) is 11.7 Å². The molecule has 3 heterocycles. The van der Waals surface area contributed by atoms with E-state index in [4.69, 9.17) is 9.15 Å². The Labute approximate surface area is 155 Å². The molecule has 1 saturated carbocycles. The summed E-state index contributed by atoms with van der Waals surface area (Å²) in [5.74, 6) is 2.44. The first kappa shape index (κ1) is 18.0. The van der Waals surface area contributed by atoms with Crippen molar-refractivity contribution in [3.8, 4) is 0 Å². The number of carbonyl (C=O) groups is 1. The molecule has 3 fully saturated rings. The number of nitrogens with one attached hydrogen (secondary N) is 1. The van der Waals surface area contributed by atoms with Crippen LogP contribution in [0.3, 0.4) is 0 Å². The molecule has 2 aliphatic heterocycles. The first-order chi connectivity index (χ1) is 12.5. The summed E-state index contributed by atoms with van der Waals surface area (Å²) in [6, 6.07) is 4.14. The molecule has 6 heteroatoms. The molecule has 26 heavy (non-hydrogen) atoms. The zero-order valence-electron chi connectivity index (χ0n) is 16.1. The molecule has 1 aliphatic carbocycles. The number of likely N-dealkylation sites (N-methyl/N-ethyl adjacent to an activating group) is 1. The molecule has 6 nitrogen and oxygen atoms in total. The van der Waals surface area contributed by atoms with Gasteiger partial charge in [-0.2, -0.15) is 0 Å². The Hall–Kier alpha value is -1.37. The molecule has 4 atom stereocenters. The van der Waals surface area contributed by atoms with Gasteiger partial charge in [-0.15, -0.1) is 0 Å².